The van der Waals surface area contributed by atoms with Crippen LogP contribution in [0.4, 0.5) is 0 Å². The number of methoxy groups -OCH3 is 1. The number of hydrogen-bond donors (Lipinski definition) is 0. The average molecular weight is 438 g/mol. The van der Waals surface area contributed by atoms with E-state index in [1.807, 2.05) is 25.1 Å². The van der Waals surface area contributed by atoms with Crippen LogP contribution in [0.25, 0.3) is 0 Å². The lowest BCUT2D eigenvalue weighted by Crippen LogP contribution is -2.34. The smallest absolute Gasteiger partial charge is 0.188 e. The molecule has 3 rings (SSSR count). The van der Waals surface area contributed by atoms with E-state index < -0.39 is 11.0 Å². The van der Waals surface area contributed by atoms with Crippen molar-refractivity contribution < 1.29 is 13.7 Å². The summed E-state index contributed by atoms with van der Waals surface area (Å²) in [5.74, 6) is 1.25. The van der Waals surface area contributed by atoms with Crippen LogP contribution in [-0.4, -0.2) is 35.5 Å². The molecular formula is C20H24BrNO3S. The van der Waals surface area contributed by atoms with Gasteiger partial charge in [0.1, 0.15) is 16.7 Å². The zero-order valence-corrected chi connectivity index (χ0v) is 17.5. The molecule has 0 amide bonds. The van der Waals surface area contributed by atoms with Crippen molar-refractivity contribution >= 4 is 26.9 Å². The van der Waals surface area contributed by atoms with E-state index in [4.69, 9.17) is 9.47 Å². The molecule has 0 bridgehead atoms. The SMILES string of the molecule is COCOc1cc(S(=O)N2CCC(c3ccccc3)CC2)cc(Br)c1C. The van der Waals surface area contributed by atoms with Crippen LogP contribution < -0.4 is 4.74 Å². The number of benzene rings is 2. The standard InChI is InChI=1S/C20H24BrNO3S/c1-15-19(21)12-18(13-20(15)25-14-24-2)26(23)22-10-8-17(9-11-22)16-6-4-3-5-7-16/h3-7,12-13,17H,8-11,14H2,1-2H3. The molecular weight excluding hydrogens is 414 g/mol. The fraction of sp³-hybridized carbons (Fsp3) is 0.400. The van der Waals surface area contributed by atoms with Gasteiger partial charge in [-0.05, 0) is 43.4 Å². The topological polar surface area (TPSA) is 38.8 Å². The monoisotopic (exact) mass is 437 g/mol. The Bertz CT molecular complexity index is 761. The van der Waals surface area contributed by atoms with Gasteiger partial charge in [-0.2, -0.15) is 0 Å². The number of rotatable bonds is 6. The van der Waals surface area contributed by atoms with E-state index in [1.54, 1.807) is 7.11 Å². The molecule has 0 aromatic heterocycles. The summed E-state index contributed by atoms with van der Waals surface area (Å²) in [7, 11) is 0.394. The molecule has 0 saturated carbocycles. The van der Waals surface area contributed by atoms with Crippen LogP contribution in [0.5, 0.6) is 5.75 Å². The first kappa shape index (κ1) is 19.5. The molecule has 4 nitrogen and oxygen atoms in total. The Morgan fingerprint density at radius 3 is 2.54 bits per heavy atom. The maximum absolute atomic E-state index is 13.1. The molecule has 0 N–H and O–H groups in total. The van der Waals surface area contributed by atoms with Gasteiger partial charge in [-0.1, -0.05) is 46.3 Å². The first-order valence-corrected chi connectivity index (χ1v) is 10.6. The molecule has 1 heterocycles. The number of piperidine rings is 1. The lowest BCUT2D eigenvalue weighted by atomic mass is 9.90. The minimum atomic E-state index is -1.19. The van der Waals surface area contributed by atoms with Gasteiger partial charge in [0.25, 0.3) is 0 Å². The van der Waals surface area contributed by atoms with E-state index in [2.05, 4.69) is 44.5 Å². The lowest BCUT2D eigenvalue weighted by molar-refractivity contribution is 0.0504. The number of ether oxygens (including phenoxy) is 2. The molecule has 0 radical (unpaired) electrons. The van der Waals surface area contributed by atoms with Gasteiger partial charge in [0.15, 0.2) is 6.79 Å². The second-order valence-corrected chi connectivity index (χ2v) is 8.78. The van der Waals surface area contributed by atoms with Gasteiger partial charge in [-0.3, -0.25) is 0 Å². The number of halogens is 1. The summed E-state index contributed by atoms with van der Waals surface area (Å²) in [6.07, 6.45) is 2.05. The molecule has 0 aliphatic carbocycles. The fourth-order valence-corrected chi connectivity index (χ4v) is 5.09. The average Bonchev–Trinajstić information content (AvgIpc) is 2.69. The Balaban J connectivity index is 1.69. The van der Waals surface area contributed by atoms with E-state index in [9.17, 15) is 4.21 Å². The largest absolute Gasteiger partial charge is 0.467 e. The van der Waals surface area contributed by atoms with Gasteiger partial charge in [0.05, 0.1) is 4.90 Å². The highest BCUT2D eigenvalue weighted by molar-refractivity contribution is 9.10. The zero-order valence-electron chi connectivity index (χ0n) is 15.1. The van der Waals surface area contributed by atoms with Gasteiger partial charge in [-0.15, -0.1) is 0 Å². The Morgan fingerprint density at radius 1 is 1.19 bits per heavy atom. The molecule has 1 unspecified atom stereocenters. The van der Waals surface area contributed by atoms with Crippen molar-refractivity contribution in [2.45, 2.75) is 30.6 Å². The van der Waals surface area contributed by atoms with E-state index >= 15 is 0 Å². The third kappa shape index (κ3) is 4.55. The molecule has 1 aliphatic rings. The highest BCUT2D eigenvalue weighted by Crippen LogP contribution is 2.33. The summed E-state index contributed by atoms with van der Waals surface area (Å²) >= 11 is 3.55. The maximum atomic E-state index is 13.1. The molecule has 6 heteroatoms. The second-order valence-electron chi connectivity index (χ2n) is 6.44. The van der Waals surface area contributed by atoms with Crippen LogP contribution in [0.2, 0.25) is 0 Å². The van der Waals surface area contributed by atoms with Crippen LogP contribution in [0.3, 0.4) is 0 Å². The molecule has 1 fully saturated rings. The minimum Gasteiger partial charge on any atom is -0.467 e. The van der Waals surface area contributed by atoms with Gasteiger partial charge < -0.3 is 9.47 Å². The lowest BCUT2D eigenvalue weighted by Gasteiger charge is -2.31. The molecule has 140 valence electrons. The molecule has 1 aliphatic heterocycles. The van der Waals surface area contributed by atoms with Crippen molar-refractivity contribution in [3.05, 3.63) is 58.1 Å². The van der Waals surface area contributed by atoms with Crippen LogP contribution in [0.1, 0.15) is 29.9 Å². The molecule has 1 saturated heterocycles. The van der Waals surface area contributed by atoms with Gasteiger partial charge in [0, 0.05) is 30.2 Å². The van der Waals surface area contributed by atoms with Gasteiger partial charge in [-0.25, -0.2) is 8.51 Å². The van der Waals surface area contributed by atoms with Crippen molar-refractivity contribution in [3.63, 3.8) is 0 Å². The summed E-state index contributed by atoms with van der Waals surface area (Å²) in [6.45, 7) is 3.79. The van der Waals surface area contributed by atoms with Crippen LogP contribution in [0.15, 0.2) is 51.8 Å². The van der Waals surface area contributed by atoms with Crippen molar-refractivity contribution in [3.8, 4) is 5.75 Å². The fourth-order valence-electron chi connectivity index (χ4n) is 3.23. The van der Waals surface area contributed by atoms with Gasteiger partial charge >= 0.3 is 0 Å². The number of nitrogens with zero attached hydrogens (tertiary/aromatic N) is 1. The summed E-state index contributed by atoms with van der Waals surface area (Å²) in [4.78, 5) is 0.756. The van der Waals surface area contributed by atoms with Crippen molar-refractivity contribution in [2.75, 3.05) is 27.0 Å². The second kappa shape index (κ2) is 9.13. The third-order valence-corrected chi connectivity index (χ3v) is 7.06. The third-order valence-electron chi connectivity index (χ3n) is 4.76. The highest BCUT2D eigenvalue weighted by atomic mass is 79.9. The van der Waals surface area contributed by atoms with Crippen molar-refractivity contribution in [1.29, 1.82) is 0 Å². The molecule has 0 spiro atoms. The van der Waals surface area contributed by atoms with E-state index in [-0.39, 0.29) is 6.79 Å². The predicted molar refractivity (Wildman–Crippen MR) is 108 cm³/mol. The Hall–Kier alpha value is -1.21. The molecule has 2 aromatic carbocycles. The normalized spacial score (nSPS) is 17.2. The molecule has 2 aromatic rings. The molecule has 26 heavy (non-hydrogen) atoms. The van der Waals surface area contributed by atoms with Crippen LogP contribution in [-0.2, 0) is 15.7 Å². The highest BCUT2D eigenvalue weighted by Gasteiger charge is 2.25. The van der Waals surface area contributed by atoms with Crippen LogP contribution in [0, 0.1) is 6.92 Å². The first-order valence-electron chi connectivity index (χ1n) is 8.74. The summed E-state index contributed by atoms with van der Waals surface area (Å²) in [6, 6.07) is 14.4. The quantitative estimate of drug-likeness (QED) is 0.617. The Kier molecular flexibility index (Phi) is 6.86. The van der Waals surface area contributed by atoms with Crippen molar-refractivity contribution in [2.24, 2.45) is 0 Å². The maximum Gasteiger partial charge on any atom is 0.188 e. The summed E-state index contributed by atoms with van der Waals surface area (Å²) < 4.78 is 26.6. The van der Waals surface area contributed by atoms with E-state index in [0.29, 0.717) is 11.7 Å². The van der Waals surface area contributed by atoms with E-state index in [1.165, 1.54) is 5.56 Å². The van der Waals surface area contributed by atoms with Crippen LogP contribution >= 0.6 is 15.9 Å². The minimum absolute atomic E-state index is 0.172. The van der Waals surface area contributed by atoms with Crippen molar-refractivity contribution in [1.82, 2.24) is 4.31 Å². The first-order chi connectivity index (χ1) is 12.6. The predicted octanol–water partition coefficient (Wildman–Crippen LogP) is 4.64. The summed E-state index contributed by atoms with van der Waals surface area (Å²) in [5, 5.41) is 0. The van der Waals surface area contributed by atoms with E-state index in [0.717, 1.165) is 40.9 Å². The zero-order chi connectivity index (χ0) is 18.5. The summed E-state index contributed by atoms with van der Waals surface area (Å²) in [5.41, 5.74) is 2.36. The van der Waals surface area contributed by atoms with Gasteiger partial charge in [0.2, 0.25) is 0 Å². The number of hydrogen-bond acceptors (Lipinski definition) is 3. The Morgan fingerprint density at radius 2 is 1.88 bits per heavy atom. The molecule has 1 atom stereocenters. The Labute approximate surface area is 166 Å².